The quantitative estimate of drug-likeness (QED) is 0.587. The Morgan fingerprint density at radius 3 is 2.64 bits per heavy atom. The Bertz CT molecular complexity index is 264. The van der Waals surface area contributed by atoms with E-state index < -0.39 is 5.60 Å². The molecule has 80 valence electrons. The maximum atomic E-state index is 10.5. The van der Waals surface area contributed by atoms with Crippen LogP contribution in [0.5, 0.6) is 0 Å². The third-order valence-corrected chi connectivity index (χ3v) is 4.36. The van der Waals surface area contributed by atoms with E-state index in [1.807, 2.05) is 6.92 Å². The predicted molar refractivity (Wildman–Crippen MR) is 59.1 cm³/mol. The Hall–Kier alpha value is -0.300. The summed E-state index contributed by atoms with van der Waals surface area (Å²) in [5.74, 6) is 0.647. The van der Waals surface area contributed by atoms with Gasteiger partial charge in [-0.3, -0.25) is 0 Å². The van der Waals surface area contributed by atoms with Gasteiger partial charge >= 0.3 is 0 Å². The van der Waals surface area contributed by atoms with E-state index in [4.69, 9.17) is 0 Å². The molecule has 0 saturated heterocycles. The molecule has 1 nitrogen and oxygen atoms in total. The standard InChI is InChI=1S/C13H22O/c1-10-7-11(2)9-13(8-10)6-4-5-12(13,3)14/h7,10,14H,4-6,8-9H2,1-3H3. The normalized spacial score (nSPS) is 48.3. The monoisotopic (exact) mass is 194 g/mol. The van der Waals surface area contributed by atoms with Crippen molar-refractivity contribution in [2.75, 3.05) is 0 Å². The molecule has 0 amide bonds. The highest BCUT2D eigenvalue weighted by molar-refractivity contribution is 5.16. The van der Waals surface area contributed by atoms with Crippen LogP contribution in [0.25, 0.3) is 0 Å². The number of allylic oxidation sites excluding steroid dienone is 2. The minimum absolute atomic E-state index is 0.200. The fourth-order valence-corrected chi connectivity index (χ4v) is 3.73. The highest BCUT2D eigenvalue weighted by Gasteiger charge is 2.51. The van der Waals surface area contributed by atoms with Crippen LogP contribution < -0.4 is 0 Å². The zero-order valence-electron chi connectivity index (χ0n) is 9.64. The molecule has 0 aliphatic heterocycles. The minimum atomic E-state index is -0.420. The lowest BCUT2D eigenvalue weighted by Gasteiger charge is -2.44. The van der Waals surface area contributed by atoms with Gasteiger partial charge in [0.1, 0.15) is 0 Å². The number of aliphatic hydroxyl groups is 1. The van der Waals surface area contributed by atoms with Crippen LogP contribution in [-0.2, 0) is 0 Å². The van der Waals surface area contributed by atoms with Gasteiger partial charge in [-0.15, -0.1) is 0 Å². The molecule has 0 bridgehead atoms. The molecule has 0 aromatic heterocycles. The molecule has 1 fully saturated rings. The summed E-state index contributed by atoms with van der Waals surface area (Å²) in [7, 11) is 0. The van der Waals surface area contributed by atoms with Gasteiger partial charge in [0.05, 0.1) is 5.60 Å². The molecule has 0 aromatic rings. The van der Waals surface area contributed by atoms with E-state index >= 15 is 0 Å². The van der Waals surface area contributed by atoms with E-state index in [9.17, 15) is 5.11 Å². The topological polar surface area (TPSA) is 20.2 Å². The second kappa shape index (κ2) is 3.10. The van der Waals surface area contributed by atoms with Crippen LogP contribution in [-0.4, -0.2) is 10.7 Å². The molecule has 3 atom stereocenters. The van der Waals surface area contributed by atoms with E-state index in [0.29, 0.717) is 5.92 Å². The maximum absolute atomic E-state index is 10.5. The van der Waals surface area contributed by atoms with E-state index in [2.05, 4.69) is 19.9 Å². The summed E-state index contributed by atoms with van der Waals surface area (Å²) in [4.78, 5) is 0. The van der Waals surface area contributed by atoms with Crippen molar-refractivity contribution in [2.45, 2.75) is 58.5 Å². The Balaban J connectivity index is 2.29. The van der Waals surface area contributed by atoms with Crippen LogP contribution in [0.2, 0.25) is 0 Å². The molecule has 1 spiro atoms. The van der Waals surface area contributed by atoms with Crippen LogP contribution in [0, 0.1) is 11.3 Å². The zero-order valence-corrected chi connectivity index (χ0v) is 9.64. The zero-order chi connectivity index (χ0) is 10.4. The molecule has 14 heavy (non-hydrogen) atoms. The van der Waals surface area contributed by atoms with Gasteiger partial charge in [0.25, 0.3) is 0 Å². The summed E-state index contributed by atoms with van der Waals surface area (Å²) in [6.45, 7) is 6.54. The van der Waals surface area contributed by atoms with Crippen molar-refractivity contribution in [3.63, 3.8) is 0 Å². The van der Waals surface area contributed by atoms with Crippen LogP contribution in [0.1, 0.15) is 52.9 Å². The third-order valence-electron chi connectivity index (χ3n) is 4.36. The van der Waals surface area contributed by atoms with Crippen molar-refractivity contribution < 1.29 is 5.11 Å². The second-order valence-corrected chi connectivity index (χ2v) is 5.78. The number of hydrogen-bond acceptors (Lipinski definition) is 1. The first-order valence-electron chi connectivity index (χ1n) is 5.85. The van der Waals surface area contributed by atoms with Crippen molar-refractivity contribution in [1.82, 2.24) is 0 Å². The van der Waals surface area contributed by atoms with E-state index in [-0.39, 0.29) is 5.41 Å². The molecule has 3 unspecified atom stereocenters. The van der Waals surface area contributed by atoms with Gasteiger partial charge in [-0.1, -0.05) is 18.6 Å². The highest BCUT2D eigenvalue weighted by Crippen LogP contribution is 2.55. The first-order valence-corrected chi connectivity index (χ1v) is 5.85. The van der Waals surface area contributed by atoms with Gasteiger partial charge in [0, 0.05) is 5.41 Å². The summed E-state index contributed by atoms with van der Waals surface area (Å²) in [6, 6.07) is 0. The average molecular weight is 194 g/mol. The molecule has 2 rings (SSSR count). The molecule has 0 aromatic carbocycles. The van der Waals surface area contributed by atoms with Gasteiger partial charge in [0.15, 0.2) is 0 Å². The molecular weight excluding hydrogens is 172 g/mol. The maximum Gasteiger partial charge on any atom is 0.0679 e. The van der Waals surface area contributed by atoms with Crippen LogP contribution in [0.4, 0.5) is 0 Å². The van der Waals surface area contributed by atoms with E-state index in [1.54, 1.807) is 0 Å². The Labute approximate surface area is 87.2 Å². The lowest BCUT2D eigenvalue weighted by Crippen LogP contribution is -2.43. The lowest BCUT2D eigenvalue weighted by atomic mass is 9.63. The summed E-state index contributed by atoms with van der Waals surface area (Å²) >= 11 is 0. The molecule has 0 radical (unpaired) electrons. The molecule has 2 aliphatic carbocycles. The van der Waals surface area contributed by atoms with Gasteiger partial charge in [-0.25, -0.2) is 0 Å². The first kappa shape index (κ1) is 10.2. The number of rotatable bonds is 0. The van der Waals surface area contributed by atoms with Crippen molar-refractivity contribution in [3.05, 3.63) is 11.6 Å². The van der Waals surface area contributed by atoms with Crippen LogP contribution >= 0.6 is 0 Å². The third kappa shape index (κ3) is 1.42. The van der Waals surface area contributed by atoms with Gasteiger partial charge in [0.2, 0.25) is 0 Å². The molecule has 1 saturated carbocycles. The SMILES string of the molecule is CC1=CC(C)CC2(CCCC2(C)O)C1. The van der Waals surface area contributed by atoms with Crippen LogP contribution in [0.15, 0.2) is 11.6 Å². The average Bonchev–Trinajstić information content (AvgIpc) is 2.24. The fraction of sp³-hybridized carbons (Fsp3) is 0.846. The smallest absolute Gasteiger partial charge is 0.0679 e. The Kier molecular flexibility index (Phi) is 2.26. The second-order valence-electron chi connectivity index (χ2n) is 5.78. The van der Waals surface area contributed by atoms with Gasteiger partial charge < -0.3 is 5.11 Å². The summed E-state index contributed by atoms with van der Waals surface area (Å²) in [5.41, 5.74) is 1.26. The molecule has 1 heteroatoms. The van der Waals surface area contributed by atoms with Gasteiger partial charge in [-0.2, -0.15) is 0 Å². The molecule has 0 heterocycles. The fourth-order valence-electron chi connectivity index (χ4n) is 3.73. The first-order chi connectivity index (χ1) is 6.45. The molecule has 2 aliphatic rings. The van der Waals surface area contributed by atoms with Crippen molar-refractivity contribution in [1.29, 1.82) is 0 Å². The van der Waals surface area contributed by atoms with Gasteiger partial charge in [-0.05, 0) is 51.9 Å². The Morgan fingerprint density at radius 2 is 2.14 bits per heavy atom. The van der Waals surface area contributed by atoms with Crippen LogP contribution in [0.3, 0.4) is 0 Å². The molecule has 1 N–H and O–H groups in total. The lowest BCUT2D eigenvalue weighted by molar-refractivity contribution is -0.0584. The van der Waals surface area contributed by atoms with Crippen molar-refractivity contribution in [3.8, 4) is 0 Å². The largest absolute Gasteiger partial charge is 0.390 e. The Morgan fingerprint density at radius 1 is 1.43 bits per heavy atom. The highest BCUT2D eigenvalue weighted by atomic mass is 16.3. The number of hydrogen-bond donors (Lipinski definition) is 1. The minimum Gasteiger partial charge on any atom is -0.390 e. The predicted octanol–water partition coefficient (Wildman–Crippen LogP) is 3.28. The summed E-state index contributed by atoms with van der Waals surface area (Å²) in [6.07, 6.45) is 8.08. The van der Waals surface area contributed by atoms with Crippen molar-refractivity contribution >= 4 is 0 Å². The van der Waals surface area contributed by atoms with E-state index in [1.165, 1.54) is 24.8 Å². The van der Waals surface area contributed by atoms with Crippen molar-refractivity contribution in [2.24, 2.45) is 11.3 Å². The van der Waals surface area contributed by atoms with E-state index in [0.717, 1.165) is 12.8 Å². The summed E-state index contributed by atoms with van der Waals surface area (Å²) < 4.78 is 0. The summed E-state index contributed by atoms with van der Waals surface area (Å²) in [5, 5.41) is 10.5. The molecular formula is C13H22O.